The van der Waals surface area contributed by atoms with Gasteiger partial charge < -0.3 is 5.32 Å². The van der Waals surface area contributed by atoms with Crippen LogP contribution in [-0.4, -0.2) is 27.1 Å². The molecular formula is C20H23NO3S. The molecule has 1 fully saturated rings. The van der Waals surface area contributed by atoms with Crippen LogP contribution in [0.2, 0.25) is 0 Å². The van der Waals surface area contributed by atoms with Crippen molar-refractivity contribution in [3.63, 3.8) is 0 Å². The molecule has 0 atom stereocenters. The molecule has 0 saturated heterocycles. The number of nitrogens with one attached hydrogen (secondary N) is 1. The monoisotopic (exact) mass is 357 g/mol. The average molecular weight is 357 g/mol. The maximum atomic E-state index is 12.5. The van der Waals surface area contributed by atoms with E-state index in [1.807, 2.05) is 18.2 Å². The number of rotatable bonds is 5. The lowest BCUT2D eigenvalue weighted by atomic mass is 9.79. The van der Waals surface area contributed by atoms with E-state index in [-0.39, 0.29) is 16.2 Å². The van der Waals surface area contributed by atoms with Gasteiger partial charge in [0, 0.05) is 23.8 Å². The summed E-state index contributed by atoms with van der Waals surface area (Å²) in [6.45, 7) is 0.568. The van der Waals surface area contributed by atoms with Crippen LogP contribution < -0.4 is 5.32 Å². The van der Waals surface area contributed by atoms with Crippen molar-refractivity contribution >= 4 is 15.7 Å². The molecule has 132 valence electrons. The van der Waals surface area contributed by atoms with Gasteiger partial charge in [0.2, 0.25) is 0 Å². The Morgan fingerprint density at radius 2 is 1.72 bits per heavy atom. The SMILES string of the molecule is CS(=O)(=O)c1cccc(C(=O)NCC2(c3ccccc3)CCCC2)c1. The lowest BCUT2D eigenvalue weighted by Gasteiger charge is -2.30. The smallest absolute Gasteiger partial charge is 0.251 e. The number of benzene rings is 2. The van der Waals surface area contributed by atoms with Gasteiger partial charge in [0.1, 0.15) is 0 Å². The highest BCUT2D eigenvalue weighted by Crippen LogP contribution is 2.40. The van der Waals surface area contributed by atoms with Gasteiger partial charge in [0.05, 0.1) is 4.90 Å². The molecule has 0 aliphatic heterocycles. The summed E-state index contributed by atoms with van der Waals surface area (Å²) >= 11 is 0. The Morgan fingerprint density at radius 3 is 2.36 bits per heavy atom. The number of hydrogen-bond acceptors (Lipinski definition) is 3. The number of sulfone groups is 1. The van der Waals surface area contributed by atoms with Gasteiger partial charge in [0.25, 0.3) is 5.91 Å². The standard InChI is InChI=1S/C20H23NO3S/c1-25(23,24)18-11-7-8-16(14-18)19(22)21-15-20(12-5-6-13-20)17-9-3-2-4-10-17/h2-4,7-11,14H,5-6,12-13,15H2,1H3,(H,21,22). The summed E-state index contributed by atoms with van der Waals surface area (Å²) in [6, 6.07) is 16.5. The topological polar surface area (TPSA) is 63.2 Å². The van der Waals surface area contributed by atoms with Gasteiger partial charge >= 0.3 is 0 Å². The Kier molecular flexibility index (Phi) is 4.95. The summed E-state index contributed by atoms with van der Waals surface area (Å²) in [5.74, 6) is -0.229. The molecule has 25 heavy (non-hydrogen) atoms. The zero-order valence-electron chi connectivity index (χ0n) is 14.4. The van der Waals surface area contributed by atoms with E-state index in [0.29, 0.717) is 12.1 Å². The third-order valence-electron chi connectivity index (χ3n) is 5.06. The molecular weight excluding hydrogens is 334 g/mol. The Balaban J connectivity index is 1.77. The highest BCUT2D eigenvalue weighted by Gasteiger charge is 2.35. The second kappa shape index (κ2) is 7.00. The molecule has 1 N–H and O–H groups in total. The lowest BCUT2D eigenvalue weighted by molar-refractivity contribution is 0.0943. The van der Waals surface area contributed by atoms with Gasteiger partial charge in [-0.25, -0.2) is 8.42 Å². The van der Waals surface area contributed by atoms with E-state index in [4.69, 9.17) is 0 Å². The number of carbonyl (C=O) groups excluding carboxylic acids is 1. The molecule has 0 unspecified atom stereocenters. The van der Waals surface area contributed by atoms with Crippen LogP contribution in [0.4, 0.5) is 0 Å². The molecule has 2 aromatic carbocycles. The normalized spacial score (nSPS) is 16.5. The Morgan fingerprint density at radius 1 is 1.04 bits per heavy atom. The van der Waals surface area contributed by atoms with Crippen molar-refractivity contribution in [3.05, 3.63) is 65.7 Å². The molecule has 0 bridgehead atoms. The van der Waals surface area contributed by atoms with Crippen molar-refractivity contribution in [1.29, 1.82) is 0 Å². The number of carbonyl (C=O) groups is 1. The minimum absolute atomic E-state index is 0.0225. The first-order chi connectivity index (χ1) is 11.9. The predicted octanol–water partition coefficient (Wildman–Crippen LogP) is 3.33. The first kappa shape index (κ1) is 17.7. The van der Waals surface area contributed by atoms with E-state index in [2.05, 4.69) is 17.4 Å². The summed E-state index contributed by atoms with van der Waals surface area (Å²) < 4.78 is 23.4. The van der Waals surface area contributed by atoms with Crippen molar-refractivity contribution in [3.8, 4) is 0 Å². The van der Waals surface area contributed by atoms with Crippen LogP contribution in [0.25, 0.3) is 0 Å². The highest BCUT2D eigenvalue weighted by atomic mass is 32.2. The Labute approximate surface area is 149 Å². The highest BCUT2D eigenvalue weighted by molar-refractivity contribution is 7.90. The summed E-state index contributed by atoms with van der Waals surface area (Å²) in [5, 5.41) is 3.03. The predicted molar refractivity (Wildman–Crippen MR) is 98.5 cm³/mol. The molecule has 1 aliphatic carbocycles. The van der Waals surface area contributed by atoms with E-state index in [1.165, 1.54) is 17.7 Å². The van der Waals surface area contributed by atoms with Crippen LogP contribution in [0.5, 0.6) is 0 Å². The molecule has 5 heteroatoms. The second-order valence-electron chi connectivity index (χ2n) is 6.84. The van der Waals surface area contributed by atoms with Gasteiger partial charge in [-0.05, 0) is 36.6 Å². The van der Waals surface area contributed by atoms with E-state index in [9.17, 15) is 13.2 Å². The van der Waals surface area contributed by atoms with Gasteiger partial charge in [-0.1, -0.05) is 49.2 Å². The summed E-state index contributed by atoms with van der Waals surface area (Å²) in [6.07, 6.45) is 5.58. The summed E-state index contributed by atoms with van der Waals surface area (Å²) in [7, 11) is -3.32. The van der Waals surface area contributed by atoms with Crippen molar-refractivity contribution in [2.24, 2.45) is 0 Å². The molecule has 0 aromatic heterocycles. The van der Waals surface area contributed by atoms with Crippen LogP contribution in [0.3, 0.4) is 0 Å². The van der Waals surface area contributed by atoms with E-state index in [1.54, 1.807) is 12.1 Å². The van der Waals surface area contributed by atoms with Crippen molar-refractivity contribution in [2.75, 3.05) is 12.8 Å². The molecule has 4 nitrogen and oxygen atoms in total. The van der Waals surface area contributed by atoms with Crippen LogP contribution in [-0.2, 0) is 15.3 Å². The van der Waals surface area contributed by atoms with Crippen LogP contribution in [0, 0.1) is 0 Å². The summed E-state index contributed by atoms with van der Waals surface area (Å²) in [5.41, 5.74) is 1.62. The summed E-state index contributed by atoms with van der Waals surface area (Å²) in [4.78, 5) is 12.7. The van der Waals surface area contributed by atoms with Crippen LogP contribution in [0.15, 0.2) is 59.5 Å². The second-order valence-corrected chi connectivity index (χ2v) is 8.85. The van der Waals surface area contributed by atoms with Crippen molar-refractivity contribution in [1.82, 2.24) is 5.32 Å². The third kappa shape index (κ3) is 3.93. The zero-order chi connectivity index (χ0) is 17.9. The van der Waals surface area contributed by atoms with Crippen molar-refractivity contribution < 1.29 is 13.2 Å². The molecule has 3 rings (SSSR count). The molecule has 1 aliphatic rings. The molecule has 1 saturated carbocycles. The maximum absolute atomic E-state index is 12.5. The van der Waals surface area contributed by atoms with Gasteiger partial charge in [-0.3, -0.25) is 4.79 Å². The minimum atomic E-state index is -3.32. The quantitative estimate of drug-likeness (QED) is 0.893. The first-order valence-corrected chi connectivity index (χ1v) is 10.4. The molecule has 0 radical (unpaired) electrons. The van der Waals surface area contributed by atoms with E-state index >= 15 is 0 Å². The Hall–Kier alpha value is -2.14. The molecule has 0 heterocycles. The Bertz CT molecular complexity index is 854. The number of amides is 1. The van der Waals surface area contributed by atoms with Crippen LogP contribution >= 0.6 is 0 Å². The minimum Gasteiger partial charge on any atom is -0.351 e. The fourth-order valence-electron chi connectivity index (χ4n) is 3.63. The maximum Gasteiger partial charge on any atom is 0.251 e. The molecule has 2 aromatic rings. The third-order valence-corrected chi connectivity index (χ3v) is 6.17. The van der Waals surface area contributed by atoms with Gasteiger partial charge in [0.15, 0.2) is 9.84 Å². The largest absolute Gasteiger partial charge is 0.351 e. The first-order valence-electron chi connectivity index (χ1n) is 8.55. The molecule has 0 spiro atoms. The van der Waals surface area contributed by atoms with E-state index < -0.39 is 9.84 Å². The van der Waals surface area contributed by atoms with Gasteiger partial charge in [-0.15, -0.1) is 0 Å². The van der Waals surface area contributed by atoms with Gasteiger partial charge in [-0.2, -0.15) is 0 Å². The zero-order valence-corrected chi connectivity index (χ0v) is 15.2. The van der Waals surface area contributed by atoms with Crippen molar-refractivity contribution in [2.45, 2.75) is 36.0 Å². The number of hydrogen-bond donors (Lipinski definition) is 1. The molecule has 1 amide bonds. The lowest BCUT2D eigenvalue weighted by Crippen LogP contribution is -2.39. The fourth-order valence-corrected chi connectivity index (χ4v) is 4.30. The van der Waals surface area contributed by atoms with E-state index in [0.717, 1.165) is 31.9 Å². The van der Waals surface area contributed by atoms with Crippen LogP contribution in [0.1, 0.15) is 41.6 Å². The average Bonchev–Trinajstić information content (AvgIpc) is 3.10. The fraction of sp³-hybridized carbons (Fsp3) is 0.350.